The molecule has 8 nitrogen and oxygen atoms in total. The van der Waals surface area contributed by atoms with Crippen LogP contribution in [0.5, 0.6) is 0 Å². The lowest BCUT2D eigenvalue weighted by atomic mass is 10.1. The summed E-state index contributed by atoms with van der Waals surface area (Å²) < 4.78 is 19.7. The highest BCUT2D eigenvalue weighted by molar-refractivity contribution is 5.99. The molecule has 160 valence electrons. The molecule has 0 radical (unpaired) electrons. The number of hydrogen-bond acceptors (Lipinski definition) is 8. The van der Waals surface area contributed by atoms with Gasteiger partial charge in [-0.2, -0.15) is 4.98 Å². The Hall–Kier alpha value is -4.01. The van der Waals surface area contributed by atoms with Crippen LogP contribution in [0.2, 0.25) is 0 Å². The third-order valence-corrected chi connectivity index (χ3v) is 3.95. The molecule has 0 amide bonds. The molecule has 0 aliphatic rings. The van der Waals surface area contributed by atoms with Crippen molar-refractivity contribution >= 4 is 47.2 Å². The van der Waals surface area contributed by atoms with Gasteiger partial charge in [0.1, 0.15) is 11.3 Å². The van der Waals surface area contributed by atoms with Crippen molar-refractivity contribution in [3.05, 3.63) is 60.0 Å². The lowest BCUT2D eigenvalue weighted by Crippen LogP contribution is -2.24. The number of nitrogens with two attached hydrogens (primary N) is 1. The average Bonchev–Trinajstić information content (AvgIpc) is 2.69. The van der Waals surface area contributed by atoms with Crippen LogP contribution in [0.15, 0.2) is 53.7 Å². The number of carbonyl (C=O) groups is 1. The van der Waals surface area contributed by atoms with E-state index in [0.29, 0.717) is 17.1 Å². The van der Waals surface area contributed by atoms with Gasteiger partial charge in [0.2, 0.25) is 5.95 Å². The first-order chi connectivity index (χ1) is 14.7. The number of carbonyl (C=O) groups excluding carboxylic acids is 1. The molecule has 3 aromatic rings. The fourth-order valence-corrected chi connectivity index (χ4v) is 2.70. The zero-order chi connectivity index (χ0) is 22.6. The fraction of sp³-hybridized carbons (Fsp3) is 0.182. The van der Waals surface area contributed by atoms with E-state index in [-0.39, 0.29) is 23.0 Å². The molecule has 0 saturated carbocycles. The maximum atomic E-state index is 14.2. The van der Waals surface area contributed by atoms with E-state index < -0.39 is 17.4 Å². The second-order valence-electron chi connectivity index (χ2n) is 7.63. The molecule has 0 aliphatic heterocycles. The van der Waals surface area contributed by atoms with E-state index in [9.17, 15) is 9.18 Å². The number of para-hydroxylation sites is 1. The summed E-state index contributed by atoms with van der Waals surface area (Å²) in [7, 11) is 0. The summed E-state index contributed by atoms with van der Waals surface area (Å²) in [6.45, 7) is 8.86. The van der Waals surface area contributed by atoms with Gasteiger partial charge in [0.15, 0.2) is 11.6 Å². The van der Waals surface area contributed by atoms with Crippen molar-refractivity contribution < 1.29 is 13.9 Å². The molecule has 0 bridgehead atoms. The van der Waals surface area contributed by atoms with Crippen molar-refractivity contribution in [3.63, 3.8) is 0 Å². The van der Waals surface area contributed by atoms with Crippen LogP contribution in [0.1, 0.15) is 31.1 Å². The van der Waals surface area contributed by atoms with Crippen molar-refractivity contribution in [1.29, 1.82) is 0 Å². The molecule has 0 spiro atoms. The van der Waals surface area contributed by atoms with Gasteiger partial charge in [0, 0.05) is 11.4 Å². The predicted molar refractivity (Wildman–Crippen MR) is 120 cm³/mol. The zero-order valence-corrected chi connectivity index (χ0v) is 17.4. The normalized spacial score (nSPS) is 11.0. The molecule has 2 aromatic carbocycles. The lowest BCUT2D eigenvalue weighted by Gasteiger charge is -2.20. The van der Waals surface area contributed by atoms with Crippen LogP contribution in [-0.4, -0.2) is 28.3 Å². The number of benzene rings is 2. The molecule has 0 fully saturated rings. The second kappa shape index (κ2) is 8.78. The third kappa shape index (κ3) is 5.53. The van der Waals surface area contributed by atoms with Crippen molar-refractivity contribution in [1.82, 2.24) is 9.97 Å². The van der Waals surface area contributed by atoms with E-state index in [2.05, 4.69) is 32.3 Å². The zero-order valence-electron chi connectivity index (χ0n) is 17.4. The Morgan fingerprint density at radius 3 is 2.61 bits per heavy atom. The van der Waals surface area contributed by atoms with Crippen molar-refractivity contribution in [2.45, 2.75) is 26.4 Å². The monoisotopic (exact) mass is 422 g/mol. The summed E-state index contributed by atoms with van der Waals surface area (Å²) in [5.74, 6) is -1.13. The standard InChI is InChI=1S/C22H23FN6O2/c1-22(2,3)31-20(30)15-9-6-10-17(18(15)25-4)28-21-26-12-16(23)19(29-21)27-14-8-5-7-13(24)11-14/h5-12H,4,24H2,1-3H3,(H2,26,27,28,29). The number of aromatic nitrogens is 2. The molecule has 0 saturated heterocycles. The Morgan fingerprint density at radius 1 is 1.19 bits per heavy atom. The van der Waals surface area contributed by atoms with Crippen LogP contribution in [0.4, 0.5) is 38.9 Å². The molecule has 0 atom stereocenters. The molecular weight excluding hydrogens is 399 g/mol. The average molecular weight is 422 g/mol. The van der Waals surface area contributed by atoms with Gasteiger partial charge in [0.25, 0.3) is 0 Å². The summed E-state index contributed by atoms with van der Waals surface area (Å²) in [6.07, 6.45) is 1.03. The SMILES string of the molecule is C=Nc1c(Nc2ncc(F)c(Nc3cccc(N)c3)n2)cccc1C(=O)OC(C)(C)C. The van der Waals surface area contributed by atoms with Crippen molar-refractivity contribution in [3.8, 4) is 0 Å². The molecule has 0 aliphatic carbocycles. The Morgan fingerprint density at radius 2 is 1.94 bits per heavy atom. The maximum Gasteiger partial charge on any atom is 0.340 e. The minimum absolute atomic E-state index is 0.0421. The highest BCUT2D eigenvalue weighted by atomic mass is 19.1. The summed E-state index contributed by atoms with van der Waals surface area (Å²) >= 11 is 0. The van der Waals surface area contributed by atoms with Crippen LogP contribution in [0.25, 0.3) is 0 Å². The number of nitrogen functional groups attached to an aromatic ring is 1. The Labute approximate surface area is 179 Å². The minimum Gasteiger partial charge on any atom is -0.456 e. The molecule has 1 heterocycles. The van der Waals surface area contributed by atoms with Gasteiger partial charge in [0.05, 0.1) is 17.4 Å². The Balaban J connectivity index is 1.89. The molecule has 9 heteroatoms. The van der Waals surface area contributed by atoms with Gasteiger partial charge in [-0.25, -0.2) is 14.2 Å². The number of nitrogens with zero attached hydrogens (tertiary/aromatic N) is 3. The molecular formula is C22H23FN6O2. The number of anilines is 5. The summed E-state index contributed by atoms with van der Waals surface area (Å²) in [5, 5.41) is 5.82. The van der Waals surface area contributed by atoms with Gasteiger partial charge < -0.3 is 21.1 Å². The van der Waals surface area contributed by atoms with Gasteiger partial charge in [-0.1, -0.05) is 12.1 Å². The minimum atomic E-state index is -0.666. The summed E-state index contributed by atoms with van der Waals surface area (Å²) in [4.78, 5) is 24.6. The number of rotatable bonds is 6. The van der Waals surface area contributed by atoms with E-state index in [1.54, 1.807) is 63.2 Å². The molecule has 3 rings (SSSR count). The fourth-order valence-electron chi connectivity index (χ4n) is 2.70. The summed E-state index contributed by atoms with van der Waals surface area (Å²) in [6, 6.07) is 11.8. The van der Waals surface area contributed by atoms with E-state index in [1.165, 1.54) is 0 Å². The van der Waals surface area contributed by atoms with Crippen molar-refractivity contribution in [2.75, 3.05) is 16.4 Å². The highest BCUT2D eigenvalue weighted by Crippen LogP contribution is 2.32. The van der Waals surface area contributed by atoms with Crippen LogP contribution < -0.4 is 16.4 Å². The number of esters is 1. The van der Waals surface area contributed by atoms with E-state index in [4.69, 9.17) is 10.5 Å². The first-order valence-electron chi connectivity index (χ1n) is 9.41. The first-order valence-corrected chi connectivity index (χ1v) is 9.41. The number of ether oxygens (including phenoxy) is 1. The molecule has 0 unspecified atom stereocenters. The van der Waals surface area contributed by atoms with Gasteiger partial charge in [-0.3, -0.25) is 4.99 Å². The number of aliphatic imine (C=N–C) groups is 1. The lowest BCUT2D eigenvalue weighted by molar-refractivity contribution is 0.00706. The van der Waals surface area contributed by atoms with Crippen LogP contribution in [0, 0.1) is 5.82 Å². The number of halogens is 1. The van der Waals surface area contributed by atoms with Crippen LogP contribution >= 0.6 is 0 Å². The quantitative estimate of drug-likeness (QED) is 0.292. The Bertz CT molecular complexity index is 1130. The van der Waals surface area contributed by atoms with E-state index >= 15 is 0 Å². The summed E-state index contributed by atoms with van der Waals surface area (Å²) in [5.41, 5.74) is 7.11. The number of hydrogen-bond donors (Lipinski definition) is 3. The topological polar surface area (TPSA) is 115 Å². The van der Waals surface area contributed by atoms with Gasteiger partial charge in [-0.05, 0) is 57.8 Å². The highest BCUT2D eigenvalue weighted by Gasteiger charge is 2.22. The first kappa shape index (κ1) is 21.7. The second-order valence-corrected chi connectivity index (χ2v) is 7.63. The van der Waals surface area contributed by atoms with Crippen molar-refractivity contribution in [2.24, 2.45) is 4.99 Å². The molecule has 4 N–H and O–H groups in total. The Kier molecular flexibility index (Phi) is 6.15. The largest absolute Gasteiger partial charge is 0.456 e. The molecule has 31 heavy (non-hydrogen) atoms. The molecule has 1 aromatic heterocycles. The van der Waals surface area contributed by atoms with Crippen LogP contribution in [0.3, 0.4) is 0 Å². The van der Waals surface area contributed by atoms with E-state index in [0.717, 1.165) is 6.20 Å². The van der Waals surface area contributed by atoms with Crippen LogP contribution in [-0.2, 0) is 4.74 Å². The van der Waals surface area contributed by atoms with Gasteiger partial charge in [-0.15, -0.1) is 0 Å². The predicted octanol–water partition coefficient (Wildman–Crippen LogP) is 4.97. The smallest absolute Gasteiger partial charge is 0.340 e. The third-order valence-electron chi connectivity index (χ3n) is 3.95. The van der Waals surface area contributed by atoms with Gasteiger partial charge >= 0.3 is 5.97 Å². The maximum absolute atomic E-state index is 14.2. The van der Waals surface area contributed by atoms with E-state index in [1.807, 2.05) is 0 Å². The number of nitrogens with one attached hydrogen (secondary N) is 2.